The van der Waals surface area contributed by atoms with Gasteiger partial charge in [-0.3, -0.25) is 4.79 Å². The highest BCUT2D eigenvalue weighted by atomic mass is 16.2. The van der Waals surface area contributed by atoms with Crippen molar-refractivity contribution in [1.29, 1.82) is 0 Å². The molecule has 2 unspecified atom stereocenters. The van der Waals surface area contributed by atoms with E-state index in [1.54, 1.807) is 0 Å². The highest BCUT2D eigenvalue weighted by Gasteiger charge is 2.30. The zero-order valence-electron chi connectivity index (χ0n) is 14.5. The Morgan fingerprint density at radius 3 is 2.48 bits per heavy atom. The molecule has 1 heterocycles. The summed E-state index contributed by atoms with van der Waals surface area (Å²) in [6.07, 6.45) is 6.97. The third-order valence-corrected chi connectivity index (χ3v) is 4.62. The highest BCUT2D eigenvalue weighted by Crippen LogP contribution is 2.31. The zero-order chi connectivity index (χ0) is 15.5. The molecule has 3 nitrogen and oxygen atoms in total. The second kappa shape index (κ2) is 7.13. The van der Waals surface area contributed by atoms with E-state index in [9.17, 15) is 4.79 Å². The number of nitrogens with one attached hydrogen (secondary N) is 1. The number of rotatable bonds is 7. The lowest BCUT2D eigenvalue weighted by Gasteiger charge is -2.29. The first-order valence-corrected chi connectivity index (χ1v) is 8.84. The van der Waals surface area contributed by atoms with Gasteiger partial charge >= 0.3 is 0 Å². The summed E-state index contributed by atoms with van der Waals surface area (Å²) >= 11 is 0. The Balaban J connectivity index is 1.83. The topological polar surface area (TPSA) is 32.3 Å². The van der Waals surface area contributed by atoms with Crippen LogP contribution in [-0.2, 0) is 4.79 Å². The van der Waals surface area contributed by atoms with Crippen molar-refractivity contribution in [3.63, 3.8) is 0 Å². The number of carbonyl (C=O) groups excluding carboxylic acids is 1. The molecular weight excluding hydrogens is 260 g/mol. The largest absolute Gasteiger partial charge is 0.341 e. The number of carbonyl (C=O) groups is 1. The van der Waals surface area contributed by atoms with E-state index in [4.69, 9.17) is 0 Å². The summed E-state index contributed by atoms with van der Waals surface area (Å²) in [7, 11) is 0. The number of hydrogen-bond donors (Lipinski definition) is 1. The molecule has 21 heavy (non-hydrogen) atoms. The highest BCUT2D eigenvalue weighted by molar-refractivity contribution is 5.76. The molecule has 2 fully saturated rings. The van der Waals surface area contributed by atoms with Gasteiger partial charge in [0.2, 0.25) is 5.91 Å². The molecule has 2 rings (SSSR count). The Bertz CT molecular complexity index is 338. The molecule has 0 aromatic rings. The van der Waals surface area contributed by atoms with E-state index in [1.807, 2.05) is 0 Å². The SMILES string of the molecule is CC(CC(=O)N(CC1CC1)CC1CCCN1)CC(C)(C)C. The molecule has 1 aliphatic carbocycles. The average molecular weight is 294 g/mol. The van der Waals surface area contributed by atoms with E-state index in [1.165, 1.54) is 25.7 Å². The minimum Gasteiger partial charge on any atom is -0.341 e. The van der Waals surface area contributed by atoms with Crippen molar-refractivity contribution < 1.29 is 4.79 Å². The maximum Gasteiger partial charge on any atom is 0.222 e. The van der Waals surface area contributed by atoms with Crippen LogP contribution in [0.1, 0.15) is 66.2 Å². The van der Waals surface area contributed by atoms with Crippen LogP contribution in [0, 0.1) is 17.3 Å². The Labute approximate surface area is 130 Å². The molecule has 122 valence electrons. The predicted octanol–water partition coefficient (Wildman–Crippen LogP) is 3.44. The molecule has 2 atom stereocenters. The fourth-order valence-corrected chi connectivity index (χ4v) is 3.61. The van der Waals surface area contributed by atoms with Crippen LogP contribution in [0.15, 0.2) is 0 Å². The maximum absolute atomic E-state index is 12.7. The molecule has 1 N–H and O–H groups in total. The molecule has 0 aromatic carbocycles. The van der Waals surface area contributed by atoms with Crippen molar-refractivity contribution >= 4 is 5.91 Å². The summed E-state index contributed by atoms with van der Waals surface area (Å²) in [4.78, 5) is 14.9. The quantitative estimate of drug-likeness (QED) is 0.780. The van der Waals surface area contributed by atoms with Gasteiger partial charge in [-0.05, 0) is 55.9 Å². The van der Waals surface area contributed by atoms with E-state index >= 15 is 0 Å². The fraction of sp³-hybridized carbons (Fsp3) is 0.944. The van der Waals surface area contributed by atoms with Gasteiger partial charge in [0.05, 0.1) is 0 Å². The summed E-state index contributed by atoms with van der Waals surface area (Å²) in [5, 5.41) is 3.53. The first kappa shape index (κ1) is 16.8. The number of amides is 1. The van der Waals surface area contributed by atoms with Crippen LogP contribution in [0.4, 0.5) is 0 Å². The Kier molecular flexibility index (Phi) is 5.70. The lowest BCUT2D eigenvalue weighted by atomic mass is 9.84. The van der Waals surface area contributed by atoms with Crippen molar-refractivity contribution in [3.05, 3.63) is 0 Å². The molecule has 1 saturated heterocycles. The summed E-state index contributed by atoms with van der Waals surface area (Å²) < 4.78 is 0. The van der Waals surface area contributed by atoms with Gasteiger partial charge in [0, 0.05) is 25.6 Å². The van der Waals surface area contributed by atoms with Crippen LogP contribution in [0.3, 0.4) is 0 Å². The molecule has 0 aromatic heterocycles. The van der Waals surface area contributed by atoms with E-state index in [0.717, 1.165) is 38.4 Å². The minimum absolute atomic E-state index is 0.314. The van der Waals surface area contributed by atoms with Gasteiger partial charge in [-0.2, -0.15) is 0 Å². The molecular formula is C18H34N2O. The summed E-state index contributed by atoms with van der Waals surface area (Å²) in [6.45, 7) is 12.1. The summed E-state index contributed by atoms with van der Waals surface area (Å²) in [5.41, 5.74) is 0.314. The number of hydrogen-bond acceptors (Lipinski definition) is 2. The monoisotopic (exact) mass is 294 g/mol. The molecule has 1 aliphatic heterocycles. The minimum atomic E-state index is 0.314. The lowest BCUT2D eigenvalue weighted by Crippen LogP contribution is -2.42. The van der Waals surface area contributed by atoms with E-state index in [-0.39, 0.29) is 0 Å². The molecule has 0 bridgehead atoms. The second-order valence-electron chi connectivity index (χ2n) is 8.61. The van der Waals surface area contributed by atoms with Crippen LogP contribution in [-0.4, -0.2) is 36.5 Å². The maximum atomic E-state index is 12.7. The van der Waals surface area contributed by atoms with Crippen LogP contribution < -0.4 is 5.32 Å². The van der Waals surface area contributed by atoms with E-state index in [2.05, 4.69) is 37.9 Å². The van der Waals surface area contributed by atoms with Gasteiger partial charge in [-0.25, -0.2) is 0 Å². The van der Waals surface area contributed by atoms with Crippen molar-refractivity contribution in [3.8, 4) is 0 Å². The molecule has 1 saturated carbocycles. The Morgan fingerprint density at radius 2 is 1.95 bits per heavy atom. The van der Waals surface area contributed by atoms with Gasteiger partial charge in [-0.15, -0.1) is 0 Å². The molecule has 1 amide bonds. The third-order valence-electron chi connectivity index (χ3n) is 4.62. The van der Waals surface area contributed by atoms with Crippen LogP contribution in [0.2, 0.25) is 0 Å². The summed E-state index contributed by atoms with van der Waals surface area (Å²) in [5.74, 6) is 1.65. The Hall–Kier alpha value is -0.570. The van der Waals surface area contributed by atoms with Crippen LogP contribution in [0.5, 0.6) is 0 Å². The third kappa shape index (κ3) is 6.37. The molecule has 2 aliphatic rings. The lowest BCUT2D eigenvalue weighted by molar-refractivity contribution is -0.132. The number of nitrogens with zero attached hydrogens (tertiary/aromatic N) is 1. The van der Waals surface area contributed by atoms with Gasteiger partial charge in [-0.1, -0.05) is 27.7 Å². The van der Waals surface area contributed by atoms with Crippen molar-refractivity contribution in [2.24, 2.45) is 17.3 Å². The fourth-order valence-electron chi connectivity index (χ4n) is 3.61. The smallest absolute Gasteiger partial charge is 0.222 e. The molecule has 3 heteroatoms. The predicted molar refractivity (Wildman–Crippen MR) is 88.2 cm³/mol. The van der Waals surface area contributed by atoms with Gasteiger partial charge in [0.25, 0.3) is 0 Å². The standard InChI is InChI=1S/C18H34N2O/c1-14(11-18(2,3)4)10-17(21)20(12-15-7-8-15)13-16-6-5-9-19-16/h14-16,19H,5-13H2,1-4H3. The van der Waals surface area contributed by atoms with Crippen molar-refractivity contribution in [2.75, 3.05) is 19.6 Å². The average Bonchev–Trinajstić information content (AvgIpc) is 3.00. The van der Waals surface area contributed by atoms with Gasteiger partial charge in [0.1, 0.15) is 0 Å². The normalized spacial score (nSPS) is 24.1. The zero-order valence-corrected chi connectivity index (χ0v) is 14.5. The first-order valence-electron chi connectivity index (χ1n) is 8.84. The van der Waals surface area contributed by atoms with E-state index in [0.29, 0.717) is 23.3 Å². The van der Waals surface area contributed by atoms with Crippen molar-refractivity contribution in [1.82, 2.24) is 10.2 Å². The van der Waals surface area contributed by atoms with Crippen LogP contribution in [0.25, 0.3) is 0 Å². The van der Waals surface area contributed by atoms with Gasteiger partial charge in [0.15, 0.2) is 0 Å². The first-order chi connectivity index (χ1) is 9.83. The van der Waals surface area contributed by atoms with Crippen molar-refractivity contribution in [2.45, 2.75) is 72.3 Å². The second-order valence-corrected chi connectivity index (χ2v) is 8.61. The van der Waals surface area contributed by atoms with E-state index < -0.39 is 0 Å². The Morgan fingerprint density at radius 1 is 1.24 bits per heavy atom. The van der Waals surface area contributed by atoms with Crippen LogP contribution >= 0.6 is 0 Å². The van der Waals surface area contributed by atoms with Gasteiger partial charge < -0.3 is 10.2 Å². The molecule has 0 spiro atoms. The summed E-state index contributed by atoms with van der Waals surface area (Å²) in [6, 6.07) is 0.533. The molecule has 0 radical (unpaired) electrons.